The maximum atomic E-state index is 11.1. The highest BCUT2D eigenvalue weighted by molar-refractivity contribution is 5.52. The molecule has 2 aromatic carbocycles. The molecule has 39 heavy (non-hydrogen) atoms. The van der Waals surface area contributed by atoms with E-state index in [9.17, 15) is 4.79 Å². The normalized spacial score (nSPS) is 18.3. The van der Waals surface area contributed by atoms with E-state index in [4.69, 9.17) is 4.74 Å². The second-order valence-electron chi connectivity index (χ2n) is 11.1. The molecule has 1 aromatic heterocycles. The molecule has 2 atom stereocenters. The molecule has 3 heterocycles. The summed E-state index contributed by atoms with van der Waals surface area (Å²) in [6, 6.07) is 20.3. The molecular formula is C34H47N3O2. The molecule has 0 amide bonds. The summed E-state index contributed by atoms with van der Waals surface area (Å²) >= 11 is 0. The summed E-state index contributed by atoms with van der Waals surface area (Å²) in [6.45, 7) is 7.92. The van der Waals surface area contributed by atoms with Gasteiger partial charge in [0.25, 0.3) is 0 Å². The van der Waals surface area contributed by atoms with Crippen LogP contribution < -0.4 is 9.64 Å². The van der Waals surface area contributed by atoms with Crippen molar-refractivity contribution in [2.24, 2.45) is 7.05 Å². The zero-order valence-electron chi connectivity index (χ0n) is 24.4. The van der Waals surface area contributed by atoms with Crippen molar-refractivity contribution in [2.75, 3.05) is 38.2 Å². The largest absolute Gasteiger partial charge is 0.493 e. The van der Waals surface area contributed by atoms with Crippen LogP contribution >= 0.6 is 0 Å². The number of anilines is 1. The molecular weight excluding hydrogens is 482 g/mol. The number of unbranched alkanes of at least 4 members (excludes halogenated alkanes) is 1. The maximum absolute atomic E-state index is 11.1. The van der Waals surface area contributed by atoms with Gasteiger partial charge in [0.2, 0.25) is 0 Å². The first-order chi connectivity index (χ1) is 19.0. The molecule has 1 fully saturated rings. The van der Waals surface area contributed by atoms with Gasteiger partial charge in [-0.05, 0) is 85.0 Å². The number of rotatable bonds is 11. The number of hydrogen-bond donors (Lipinski definition) is 0. The lowest BCUT2D eigenvalue weighted by molar-refractivity contribution is -0.109. The topological polar surface area (TPSA) is 37.7 Å². The highest BCUT2D eigenvalue weighted by atomic mass is 16.5. The van der Waals surface area contributed by atoms with E-state index in [2.05, 4.69) is 103 Å². The van der Waals surface area contributed by atoms with Gasteiger partial charge in [0.05, 0.1) is 13.2 Å². The van der Waals surface area contributed by atoms with Crippen LogP contribution in [-0.4, -0.2) is 55.1 Å². The van der Waals surface area contributed by atoms with E-state index >= 15 is 0 Å². The number of ether oxygens (including phenoxy) is 1. The second kappa shape index (κ2) is 14.4. The van der Waals surface area contributed by atoms with Gasteiger partial charge in [-0.1, -0.05) is 44.5 Å². The fraction of sp³-hybridized carbons (Fsp3) is 0.500. The summed E-state index contributed by atoms with van der Waals surface area (Å²) in [6.07, 6.45) is 11.1. The average Bonchev–Trinajstić information content (AvgIpc) is 3.70. The number of carbonyl (C=O) groups excluding carboxylic acids is 1. The standard InChI is InChI=1S/C21H26N2O2.C13H21N/c1-22-9-2-3-19(22)5-6-20-14-18(15-23(20)10-11-24)16-4-7-21-17(13-16)8-12-25-21;1-4-6-10-14(3)13-9-7-8-12(5-2)11-13/h2-4,7,9,11,13,18,20H,5-6,8,10,12,14-15H2,1H3;7-9,11H,4-6,10H2,1-3H3. The molecule has 210 valence electrons. The number of likely N-dealkylation sites (tertiary alicyclic amines) is 1. The molecule has 0 bridgehead atoms. The Hall–Kier alpha value is -3.05. The van der Waals surface area contributed by atoms with Crippen LogP contribution in [0.5, 0.6) is 5.75 Å². The number of hydrogen-bond acceptors (Lipinski definition) is 4. The fourth-order valence-corrected chi connectivity index (χ4v) is 5.91. The van der Waals surface area contributed by atoms with Crippen molar-refractivity contribution in [3.05, 3.63) is 83.2 Å². The van der Waals surface area contributed by atoms with Crippen LogP contribution in [0.3, 0.4) is 0 Å². The lowest BCUT2D eigenvalue weighted by Gasteiger charge is -2.21. The van der Waals surface area contributed by atoms with Gasteiger partial charge in [-0.3, -0.25) is 4.90 Å². The predicted molar refractivity (Wildman–Crippen MR) is 162 cm³/mol. The van der Waals surface area contributed by atoms with Crippen LogP contribution in [0.1, 0.15) is 67.8 Å². The molecule has 0 saturated carbocycles. The van der Waals surface area contributed by atoms with Crippen molar-refractivity contribution >= 4 is 12.0 Å². The Morgan fingerprint density at radius 3 is 2.72 bits per heavy atom. The second-order valence-corrected chi connectivity index (χ2v) is 11.1. The van der Waals surface area contributed by atoms with Crippen molar-refractivity contribution < 1.29 is 9.53 Å². The Labute approximate surface area is 235 Å². The Balaban J connectivity index is 0.000000215. The lowest BCUT2D eigenvalue weighted by atomic mass is 9.93. The number of aromatic nitrogens is 1. The average molecular weight is 530 g/mol. The van der Waals surface area contributed by atoms with Crippen molar-refractivity contribution in [3.8, 4) is 5.75 Å². The molecule has 2 aliphatic heterocycles. The number of aryl methyl sites for hydroxylation is 3. The fourth-order valence-electron chi connectivity index (χ4n) is 5.91. The van der Waals surface area contributed by atoms with E-state index < -0.39 is 0 Å². The Bertz CT molecular complexity index is 1190. The van der Waals surface area contributed by atoms with E-state index in [0.717, 1.165) is 63.8 Å². The van der Waals surface area contributed by atoms with Crippen LogP contribution in [-0.2, 0) is 31.1 Å². The summed E-state index contributed by atoms with van der Waals surface area (Å²) < 4.78 is 7.82. The van der Waals surface area contributed by atoms with Crippen molar-refractivity contribution in [2.45, 2.75) is 70.8 Å². The van der Waals surface area contributed by atoms with Crippen LogP contribution in [0, 0.1) is 0 Å². The third kappa shape index (κ3) is 7.76. The molecule has 5 rings (SSSR count). The number of carbonyl (C=O) groups is 1. The number of benzene rings is 2. The number of nitrogens with zero attached hydrogens (tertiary/aromatic N) is 3. The van der Waals surface area contributed by atoms with Crippen molar-refractivity contribution in [1.82, 2.24) is 9.47 Å². The van der Waals surface area contributed by atoms with E-state index in [1.807, 2.05) is 0 Å². The maximum Gasteiger partial charge on any atom is 0.133 e. The first kappa shape index (κ1) is 28.9. The summed E-state index contributed by atoms with van der Waals surface area (Å²) in [5.41, 5.74) is 6.88. The van der Waals surface area contributed by atoms with Crippen molar-refractivity contribution in [1.29, 1.82) is 0 Å². The zero-order chi connectivity index (χ0) is 27.6. The summed E-state index contributed by atoms with van der Waals surface area (Å²) in [4.78, 5) is 15.8. The van der Waals surface area contributed by atoms with Crippen LogP contribution in [0.2, 0.25) is 0 Å². The summed E-state index contributed by atoms with van der Waals surface area (Å²) in [7, 11) is 4.27. The van der Waals surface area contributed by atoms with E-state index in [0.29, 0.717) is 18.5 Å². The van der Waals surface area contributed by atoms with Crippen LogP contribution in [0.15, 0.2) is 60.8 Å². The molecule has 0 radical (unpaired) electrons. The smallest absolute Gasteiger partial charge is 0.133 e. The lowest BCUT2D eigenvalue weighted by Crippen LogP contribution is -2.31. The molecule has 5 nitrogen and oxygen atoms in total. The Kier molecular flexibility index (Phi) is 10.7. The van der Waals surface area contributed by atoms with Gasteiger partial charge in [0, 0.05) is 57.2 Å². The number of fused-ring (bicyclic) bond motifs is 1. The first-order valence-corrected chi connectivity index (χ1v) is 14.9. The monoisotopic (exact) mass is 529 g/mol. The van der Waals surface area contributed by atoms with Crippen LogP contribution in [0.25, 0.3) is 0 Å². The third-order valence-electron chi connectivity index (χ3n) is 8.41. The first-order valence-electron chi connectivity index (χ1n) is 14.9. The zero-order valence-corrected chi connectivity index (χ0v) is 24.4. The quantitative estimate of drug-likeness (QED) is 0.268. The van der Waals surface area contributed by atoms with Crippen molar-refractivity contribution in [3.63, 3.8) is 0 Å². The van der Waals surface area contributed by atoms with E-state index in [1.54, 1.807) is 0 Å². The number of aldehydes is 1. The Morgan fingerprint density at radius 2 is 1.97 bits per heavy atom. The highest BCUT2D eigenvalue weighted by Gasteiger charge is 2.33. The van der Waals surface area contributed by atoms with E-state index in [1.165, 1.54) is 40.9 Å². The molecule has 2 unspecified atom stereocenters. The minimum atomic E-state index is 0.481. The Morgan fingerprint density at radius 1 is 1.10 bits per heavy atom. The molecule has 0 aliphatic carbocycles. The van der Waals surface area contributed by atoms with Gasteiger partial charge in [-0.15, -0.1) is 0 Å². The van der Waals surface area contributed by atoms with Gasteiger partial charge in [0.15, 0.2) is 0 Å². The van der Waals surface area contributed by atoms with E-state index in [-0.39, 0.29) is 0 Å². The molecule has 0 spiro atoms. The minimum Gasteiger partial charge on any atom is -0.493 e. The molecule has 2 aliphatic rings. The van der Waals surface area contributed by atoms with Gasteiger partial charge < -0.3 is 19.0 Å². The van der Waals surface area contributed by atoms with Gasteiger partial charge in [-0.2, -0.15) is 0 Å². The summed E-state index contributed by atoms with van der Waals surface area (Å²) in [5, 5.41) is 0. The minimum absolute atomic E-state index is 0.481. The highest BCUT2D eigenvalue weighted by Crippen LogP contribution is 2.36. The summed E-state index contributed by atoms with van der Waals surface area (Å²) in [5.74, 6) is 1.57. The molecule has 0 N–H and O–H groups in total. The van der Waals surface area contributed by atoms with Gasteiger partial charge >= 0.3 is 0 Å². The predicted octanol–water partition coefficient (Wildman–Crippen LogP) is 6.43. The SMILES string of the molecule is CCCCN(C)c1cccc(CC)c1.Cn1cccc1CCC1CC(c2ccc3c(c2)CCO3)CN1CC=O. The third-order valence-corrected chi connectivity index (χ3v) is 8.41. The van der Waals surface area contributed by atoms with Gasteiger partial charge in [0.1, 0.15) is 12.0 Å². The molecule has 3 aromatic rings. The molecule has 1 saturated heterocycles. The van der Waals surface area contributed by atoms with Crippen LogP contribution in [0.4, 0.5) is 5.69 Å². The molecule has 5 heteroatoms. The van der Waals surface area contributed by atoms with Gasteiger partial charge in [-0.25, -0.2) is 0 Å².